The van der Waals surface area contributed by atoms with Crippen LogP contribution < -0.4 is 24.8 Å². The molecule has 0 saturated heterocycles. The summed E-state index contributed by atoms with van der Waals surface area (Å²) in [5.41, 5.74) is 1.61. The van der Waals surface area contributed by atoms with Crippen molar-refractivity contribution in [1.82, 2.24) is 0 Å². The molecule has 9 heteroatoms. The Morgan fingerprint density at radius 1 is 0.971 bits per heavy atom. The second kappa shape index (κ2) is 12.3. The topological polar surface area (TPSA) is 110 Å². The van der Waals surface area contributed by atoms with Gasteiger partial charge in [0.1, 0.15) is 28.9 Å². The number of rotatable bonds is 9. The molecule has 0 spiro atoms. The number of carbonyl (C=O) groups is 2. The second-order valence-electron chi connectivity index (χ2n) is 7.08. The number of nitrogens with zero attached hydrogens (tertiary/aromatic N) is 1. The number of ether oxygens (including phenoxy) is 3. The van der Waals surface area contributed by atoms with E-state index in [-0.39, 0.29) is 18.1 Å². The summed E-state index contributed by atoms with van der Waals surface area (Å²) in [6, 6.07) is 20.7. The normalized spacial score (nSPS) is 10.6. The zero-order valence-corrected chi connectivity index (χ0v) is 20.6. The van der Waals surface area contributed by atoms with Gasteiger partial charge in [-0.1, -0.05) is 18.2 Å². The Hall–Kier alpha value is -4.29. The number of para-hydroxylation sites is 2. The summed E-state index contributed by atoms with van der Waals surface area (Å²) in [7, 11) is 3.07. The van der Waals surface area contributed by atoms with E-state index in [0.717, 1.165) is 0 Å². The summed E-state index contributed by atoms with van der Waals surface area (Å²) in [5.74, 6) is 0.735. The monoisotopic (exact) mass is 535 g/mol. The molecule has 0 aliphatic carbocycles. The van der Waals surface area contributed by atoms with Crippen molar-refractivity contribution in [3.63, 3.8) is 0 Å². The van der Waals surface area contributed by atoms with Gasteiger partial charge in [0.2, 0.25) is 0 Å². The molecule has 2 N–H and O–H groups in total. The number of hydrogen-bond donors (Lipinski definition) is 2. The lowest BCUT2D eigenvalue weighted by atomic mass is 10.1. The molecule has 3 aromatic rings. The van der Waals surface area contributed by atoms with Crippen LogP contribution in [0, 0.1) is 11.3 Å². The van der Waals surface area contributed by atoms with Gasteiger partial charge in [0.05, 0.1) is 24.4 Å². The number of nitriles is 1. The molecule has 178 valence electrons. The Labute approximate surface area is 211 Å². The van der Waals surface area contributed by atoms with Gasteiger partial charge in [0.25, 0.3) is 11.8 Å². The first-order valence-electron chi connectivity index (χ1n) is 10.4. The Morgan fingerprint density at radius 2 is 1.71 bits per heavy atom. The molecule has 0 atom stereocenters. The van der Waals surface area contributed by atoms with Crippen LogP contribution in [-0.2, 0) is 9.59 Å². The maximum atomic E-state index is 12.5. The van der Waals surface area contributed by atoms with Gasteiger partial charge in [-0.3, -0.25) is 9.59 Å². The van der Waals surface area contributed by atoms with Crippen LogP contribution in [0.5, 0.6) is 17.2 Å². The van der Waals surface area contributed by atoms with E-state index in [9.17, 15) is 14.9 Å². The van der Waals surface area contributed by atoms with Gasteiger partial charge >= 0.3 is 0 Å². The van der Waals surface area contributed by atoms with Crippen LogP contribution in [-0.4, -0.2) is 32.6 Å². The summed E-state index contributed by atoms with van der Waals surface area (Å²) in [6.45, 7) is -0.223. The first kappa shape index (κ1) is 25.3. The van der Waals surface area contributed by atoms with Crippen molar-refractivity contribution in [1.29, 1.82) is 5.26 Å². The number of anilines is 2. The zero-order valence-electron chi connectivity index (χ0n) is 19.0. The lowest BCUT2D eigenvalue weighted by Crippen LogP contribution is -2.20. The highest BCUT2D eigenvalue weighted by molar-refractivity contribution is 9.10. The molecule has 0 unspecified atom stereocenters. The summed E-state index contributed by atoms with van der Waals surface area (Å²) in [6.07, 6.45) is 1.46. The standard InChI is InChI=1S/C26H22BrN3O5/c1-33-20-10-8-19(9-11-20)29-26(32)18(15-28)13-17-7-12-23(21(27)14-17)35-16-25(31)30-22-5-3-4-6-24(22)34-2/h3-14H,16H2,1-2H3,(H,29,32)(H,30,31)/b18-13-. The van der Waals surface area contributed by atoms with Gasteiger partial charge < -0.3 is 24.8 Å². The lowest BCUT2D eigenvalue weighted by molar-refractivity contribution is -0.118. The number of nitrogens with one attached hydrogen (secondary N) is 2. The molecule has 0 aliphatic rings. The summed E-state index contributed by atoms with van der Waals surface area (Å²) >= 11 is 3.40. The van der Waals surface area contributed by atoms with Crippen molar-refractivity contribution in [2.75, 3.05) is 31.5 Å². The van der Waals surface area contributed by atoms with Crippen molar-refractivity contribution in [2.24, 2.45) is 0 Å². The maximum Gasteiger partial charge on any atom is 0.266 e. The van der Waals surface area contributed by atoms with E-state index in [1.165, 1.54) is 13.2 Å². The minimum atomic E-state index is -0.540. The molecule has 0 aliphatic heterocycles. The molecule has 35 heavy (non-hydrogen) atoms. The first-order chi connectivity index (χ1) is 16.9. The minimum Gasteiger partial charge on any atom is -0.497 e. The predicted molar refractivity (Wildman–Crippen MR) is 136 cm³/mol. The van der Waals surface area contributed by atoms with E-state index in [4.69, 9.17) is 14.2 Å². The van der Waals surface area contributed by atoms with Crippen LogP contribution >= 0.6 is 15.9 Å². The van der Waals surface area contributed by atoms with Gasteiger partial charge in [-0.2, -0.15) is 5.26 Å². The summed E-state index contributed by atoms with van der Waals surface area (Å²) in [5, 5.41) is 14.9. The number of carbonyl (C=O) groups excluding carboxylic acids is 2. The molecule has 2 amide bonds. The average Bonchev–Trinajstić information content (AvgIpc) is 2.87. The highest BCUT2D eigenvalue weighted by atomic mass is 79.9. The quantitative estimate of drug-likeness (QED) is 0.293. The molecular formula is C26H22BrN3O5. The third kappa shape index (κ3) is 7.09. The van der Waals surface area contributed by atoms with Gasteiger partial charge in [-0.25, -0.2) is 0 Å². The van der Waals surface area contributed by atoms with Crippen LogP contribution in [0.25, 0.3) is 6.08 Å². The summed E-state index contributed by atoms with van der Waals surface area (Å²) in [4.78, 5) is 24.8. The molecule has 0 aromatic heterocycles. The molecule has 8 nitrogen and oxygen atoms in total. The van der Waals surface area contributed by atoms with Crippen LogP contribution in [0.4, 0.5) is 11.4 Å². The molecule has 0 heterocycles. The third-order valence-corrected chi connectivity index (χ3v) is 5.34. The number of hydrogen-bond acceptors (Lipinski definition) is 6. The van der Waals surface area contributed by atoms with Gasteiger partial charge in [0.15, 0.2) is 6.61 Å². The van der Waals surface area contributed by atoms with Crippen molar-refractivity contribution >= 4 is 45.2 Å². The molecule has 3 rings (SSSR count). The number of halogens is 1. The third-order valence-electron chi connectivity index (χ3n) is 4.72. The van der Waals surface area contributed by atoms with E-state index in [1.54, 1.807) is 73.8 Å². The maximum absolute atomic E-state index is 12.5. The Kier molecular flexibility index (Phi) is 8.87. The fourth-order valence-corrected chi connectivity index (χ4v) is 3.50. The van der Waals surface area contributed by atoms with Crippen molar-refractivity contribution < 1.29 is 23.8 Å². The smallest absolute Gasteiger partial charge is 0.266 e. The zero-order chi connectivity index (χ0) is 25.2. The van der Waals surface area contributed by atoms with Crippen molar-refractivity contribution in [3.8, 4) is 23.3 Å². The number of benzene rings is 3. The van der Waals surface area contributed by atoms with Gasteiger partial charge in [-0.05, 0) is 76.1 Å². The fraction of sp³-hybridized carbons (Fsp3) is 0.115. The largest absolute Gasteiger partial charge is 0.497 e. The van der Waals surface area contributed by atoms with Crippen LogP contribution in [0.1, 0.15) is 5.56 Å². The van der Waals surface area contributed by atoms with Gasteiger partial charge in [0, 0.05) is 5.69 Å². The minimum absolute atomic E-state index is 0.0717. The average molecular weight is 536 g/mol. The van der Waals surface area contributed by atoms with E-state index < -0.39 is 5.91 Å². The molecule has 0 fully saturated rings. The molecular weight excluding hydrogens is 514 g/mol. The Bertz CT molecular complexity index is 1280. The molecule has 0 bridgehead atoms. The summed E-state index contributed by atoms with van der Waals surface area (Å²) < 4.78 is 16.5. The number of methoxy groups -OCH3 is 2. The Morgan fingerprint density at radius 3 is 2.37 bits per heavy atom. The molecule has 0 radical (unpaired) electrons. The van der Waals surface area contributed by atoms with E-state index in [1.807, 2.05) is 6.07 Å². The van der Waals surface area contributed by atoms with Crippen LogP contribution in [0.2, 0.25) is 0 Å². The molecule has 3 aromatic carbocycles. The van der Waals surface area contributed by atoms with E-state index in [2.05, 4.69) is 26.6 Å². The number of amides is 2. The van der Waals surface area contributed by atoms with E-state index in [0.29, 0.717) is 38.7 Å². The first-order valence-corrected chi connectivity index (χ1v) is 11.1. The van der Waals surface area contributed by atoms with Crippen LogP contribution in [0.3, 0.4) is 0 Å². The Balaban J connectivity index is 1.63. The SMILES string of the molecule is COc1ccc(NC(=O)/C(C#N)=C\c2ccc(OCC(=O)Nc3ccccc3OC)c(Br)c2)cc1. The van der Waals surface area contributed by atoms with Crippen LogP contribution in [0.15, 0.2) is 76.8 Å². The fourth-order valence-electron chi connectivity index (χ4n) is 2.99. The second-order valence-corrected chi connectivity index (χ2v) is 7.93. The van der Waals surface area contributed by atoms with Crippen molar-refractivity contribution in [3.05, 3.63) is 82.3 Å². The highest BCUT2D eigenvalue weighted by Gasteiger charge is 2.12. The lowest BCUT2D eigenvalue weighted by Gasteiger charge is -2.11. The van der Waals surface area contributed by atoms with Crippen molar-refractivity contribution in [2.45, 2.75) is 0 Å². The van der Waals surface area contributed by atoms with E-state index >= 15 is 0 Å². The molecule has 0 saturated carbocycles. The highest BCUT2D eigenvalue weighted by Crippen LogP contribution is 2.28. The predicted octanol–water partition coefficient (Wildman–Crippen LogP) is 5.03. The van der Waals surface area contributed by atoms with Gasteiger partial charge in [-0.15, -0.1) is 0 Å².